The lowest BCUT2D eigenvalue weighted by molar-refractivity contribution is 0.687. The number of nitrogens with zero attached hydrogens (tertiary/aromatic N) is 2. The number of anilines is 2. The molecule has 1 aromatic heterocycles. The zero-order chi connectivity index (χ0) is 17.8. The van der Waals surface area contributed by atoms with E-state index < -0.39 is 0 Å². The van der Waals surface area contributed by atoms with Gasteiger partial charge in [0.05, 0.1) is 17.2 Å². The maximum Gasteiger partial charge on any atom is 0.175 e. The van der Waals surface area contributed by atoms with Crippen LogP contribution in [-0.2, 0) is 6.54 Å². The fourth-order valence-electron chi connectivity index (χ4n) is 2.32. The highest BCUT2D eigenvalue weighted by atomic mass is 79.9. The second kappa shape index (κ2) is 7.99. The molecule has 3 rings (SSSR count). The number of nitrogens with one attached hydrogen (secondary N) is 2. The molecular weight excluding hydrogens is 420 g/mol. The van der Waals surface area contributed by atoms with Crippen molar-refractivity contribution in [2.45, 2.75) is 13.5 Å². The van der Waals surface area contributed by atoms with Gasteiger partial charge in [0.2, 0.25) is 0 Å². The third kappa shape index (κ3) is 5.04. The number of rotatable bonds is 4. The van der Waals surface area contributed by atoms with Gasteiger partial charge in [-0.05, 0) is 70.5 Å². The minimum absolute atomic E-state index is 0.513. The molecule has 0 aliphatic carbocycles. The van der Waals surface area contributed by atoms with Gasteiger partial charge in [0.1, 0.15) is 0 Å². The van der Waals surface area contributed by atoms with Gasteiger partial charge in [0.15, 0.2) is 5.11 Å². The van der Waals surface area contributed by atoms with Crippen LogP contribution in [-0.4, -0.2) is 14.9 Å². The molecule has 4 nitrogen and oxygen atoms in total. The molecule has 25 heavy (non-hydrogen) atoms. The van der Waals surface area contributed by atoms with Crippen LogP contribution < -0.4 is 10.6 Å². The number of thiocarbonyl (C=S) groups is 1. The van der Waals surface area contributed by atoms with Gasteiger partial charge in [-0.15, -0.1) is 0 Å². The quantitative estimate of drug-likeness (QED) is 0.534. The van der Waals surface area contributed by atoms with Crippen LogP contribution >= 0.6 is 39.7 Å². The predicted molar refractivity (Wildman–Crippen MR) is 112 cm³/mol. The molecule has 0 aliphatic heterocycles. The summed E-state index contributed by atoms with van der Waals surface area (Å²) in [5, 5.41) is 11.8. The number of aryl methyl sites for hydroxylation is 1. The fourth-order valence-corrected chi connectivity index (χ4v) is 3.07. The minimum atomic E-state index is 0.513. The topological polar surface area (TPSA) is 41.9 Å². The SMILES string of the molecule is Cc1ccc(NC(=S)Nc2cccc(Cn3cc(Br)cn3)c2)cc1Cl. The summed E-state index contributed by atoms with van der Waals surface area (Å²) >= 11 is 14.9. The van der Waals surface area contributed by atoms with Crippen LogP contribution in [0.1, 0.15) is 11.1 Å². The monoisotopic (exact) mass is 434 g/mol. The van der Waals surface area contributed by atoms with Gasteiger partial charge in [0.25, 0.3) is 0 Å². The van der Waals surface area contributed by atoms with Crippen molar-refractivity contribution < 1.29 is 0 Å². The van der Waals surface area contributed by atoms with E-state index >= 15 is 0 Å². The van der Waals surface area contributed by atoms with Crippen molar-refractivity contribution in [3.63, 3.8) is 0 Å². The zero-order valence-corrected chi connectivity index (χ0v) is 16.6. The van der Waals surface area contributed by atoms with Crippen LogP contribution in [0.4, 0.5) is 11.4 Å². The third-order valence-electron chi connectivity index (χ3n) is 3.56. The standard InChI is InChI=1S/C18H16BrClN4S/c1-12-5-6-16(8-17(12)20)23-18(25)22-15-4-2-3-13(7-15)10-24-11-14(19)9-21-24/h2-9,11H,10H2,1H3,(H2,22,23,25). The van der Waals surface area contributed by atoms with Gasteiger partial charge >= 0.3 is 0 Å². The Balaban J connectivity index is 1.64. The highest BCUT2D eigenvalue weighted by Crippen LogP contribution is 2.20. The Morgan fingerprint density at radius 1 is 1.20 bits per heavy atom. The van der Waals surface area contributed by atoms with Gasteiger partial charge in [-0.3, -0.25) is 4.68 Å². The average molecular weight is 436 g/mol. The fraction of sp³-hybridized carbons (Fsp3) is 0.111. The maximum atomic E-state index is 6.14. The molecule has 0 atom stereocenters. The van der Waals surface area contributed by atoms with Crippen LogP contribution in [0.2, 0.25) is 5.02 Å². The van der Waals surface area contributed by atoms with Gasteiger partial charge < -0.3 is 10.6 Å². The van der Waals surface area contributed by atoms with E-state index in [9.17, 15) is 0 Å². The number of aromatic nitrogens is 2. The van der Waals surface area contributed by atoms with E-state index in [1.165, 1.54) is 0 Å². The average Bonchev–Trinajstić information content (AvgIpc) is 2.96. The summed E-state index contributed by atoms with van der Waals surface area (Å²) in [4.78, 5) is 0. The van der Waals surface area contributed by atoms with Crippen molar-refractivity contribution >= 4 is 56.2 Å². The highest BCUT2D eigenvalue weighted by Gasteiger charge is 2.03. The van der Waals surface area contributed by atoms with Gasteiger partial charge in [-0.25, -0.2) is 0 Å². The second-order valence-electron chi connectivity index (χ2n) is 5.60. The molecule has 0 amide bonds. The van der Waals surface area contributed by atoms with Crippen LogP contribution in [0, 0.1) is 6.92 Å². The van der Waals surface area contributed by atoms with E-state index in [0.29, 0.717) is 16.7 Å². The van der Waals surface area contributed by atoms with Crippen molar-refractivity contribution in [1.82, 2.24) is 9.78 Å². The third-order valence-corrected chi connectivity index (χ3v) is 4.58. The van der Waals surface area contributed by atoms with Crippen molar-refractivity contribution in [2.75, 3.05) is 10.6 Å². The second-order valence-corrected chi connectivity index (χ2v) is 7.33. The first-order chi connectivity index (χ1) is 12.0. The molecule has 0 radical (unpaired) electrons. The van der Waals surface area contributed by atoms with Gasteiger partial charge in [-0.1, -0.05) is 29.8 Å². The zero-order valence-electron chi connectivity index (χ0n) is 13.5. The van der Waals surface area contributed by atoms with Crippen LogP contribution in [0.25, 0.3) is 0 Å². The predicted octanol–water partition coefficient (Wildman–Crippen LogP) is 5.46. The lowest BCUT2D eigenvalue weighted by atomic mass is 10.2. The van der Waals surface area contributed by atoms with Crippen LogP contribution in [0.5, 0.6) is 0 Å². The largest absolute Gasteiger partial charge is 0.332 e. The first kappa shape index (κ1) is 17.9. The molecular formula is C18H16BrClN4S. The number of benzene rings is 2. The first-order valence-corrected chi connectivity index (χ1v) is 9.18. The molecule has 0 bridgehead atoms. The summed E-state index contributed by atoms with van der Waals surface area (Å²) in [6, 6.07) is 13.8. The normalized spacial score (nSPS) is 10.5. The van der Waals surface area contributed by atoms with Gasteiger partial charge in [0, 0.05) is 22.6 Å². The van der Waals surface area contributed by atoms with E-state index in [2.05, 4.69) is 37.7 Å². The maximum absolute atomic E-state index is 6.14. The number of hydrogen-bond acceptors (Lipinski definition) is 2. The van der Waals surface area contributed by atoms with Gasteiger partial charge in [-0.2, -0.15) is 5.10 Å². The lowest BCUT2D eigenvalue weighted by Crippen LogP contribution is -2.19. The number of hydrogen-bond donors (Lipinski definition) is 2. The Hall–Kier alpha value is -1.89. The molecule has 0 spiro atoms. The summed E-state index contributed by atoms with van der Waals surface area (Å²) in [5.74, 6) is 0. The van der Waals surface area contributed by atoms with E-state index in [-0.39, 0.29) is 0 Å². The molecule has 3 aromatic rings. The molecule has 1 heterocycles. The van der Waals surface area contributed by atoms with Crippen molar-refractivity contribution in [1.29, 1.82) is 0 Å². The minimum Gasteiger partial charge on any atom is -0.332 e. The molecule has 2 aromatic carbocycles. The van der Waals surface area contributed by atoms with Crippen molar-refractivity contribution in [3.05, 3.63) is 75.5 Å². The van der Waals surface area contributed by atoms with Crippen molar-refractivity contribution in [2.24, 2.45) is 0 Å². The number of halogens is 2. The summed E-state index contributed by atoms with van der Waals surface area (Å²) in [5.41, 5.74) is 3.93. The van der Waals surface area contributed by atoms with E-state index in [1.54, 1.807) is 6.20 Å². The Morgan fingerprint density at radius 2 is 1.96 bits per heavy atom. The Labute approximate surface area is 165 Å². The molecule has 7 heteroatoms. The molecule has 0 saturated heterocycles. The van der Waals surface area contributed by atoms with Crippen LogP contribution in [0.15, 0.2) is 59.3 Å². The van der Waals surface area contributed by atoms with E-state index in [0.717, 1.165) is 27.0 Å². The van der Waals surface area contributed by atoms with Crippen LogP contribution in [0.3, 0.4) is 0 Å². The van der Waals surface area contributed by atoms with E-state index in [4.69, 9.17) is 23.8 Å². The van der Waals surface area contributed by atoms with E-state index in [1.807, 2.05) is 54.2 Å². The molecule has 2 N–H and O–H groups in total. The Morgan fingerprint density at radius 3 is 2.64 bits per heavy atom. The summed E-state index contributed by atoms with van der Waals surface area (Å²) in [6.45, 7) is 2.65. The molecule has 0 unspecified atom stereocenters. The molecule has 128 valence electrons. The first-order valence-electron chi connectivity index (χ1n) is 7.61. The Bertz CT molecular complexity index is 910. The molecule has 0 fully saturated rings. The summed E-state index contributed by atoms with van der Waals surface area (Å²) < 4.78 is 2.83. The van der Waals surface area contributed by atoms with Crippen molar-refractivity contribution in [3.8, 4) is 0 Å². The highest BCUT2D eigenvalue weighted by molar-refractivity contribution is 9.10. The lowest BCUT2D eigenvalue weighted by Gasteiger charge is -2.12. The summed E-state index contributed by atoms with van der Waals surface area (Å²) in [7, 11) is 0. The smallest absolute Gasteiger partial charge is 0.175 e. The summed E-state index contributed by atoms with van der Waals surface area (Å²) in [6.07, 6.45) is 3.71. The molecule has 0 aliphatic rings. The Kier molecular flexibility index (Phi) is 5.73. The molecule has 0 saturated carbocycles.